The third-order valence-corrected chi connectivity index (χ3v) is 3.27. The highest BCUT2D eigenvalue weighted by molar-refractivity contribution is 9.12. The zero-order valence-electron chi connectivity index (χ0n) is 12.6. The molecule has 0 saturated carbocycles. The second kappa shape index (κ2) is 8.21. The lowest BCUT2D eigenvalue weighted by atomic mass is 10.2. The quantitative estimate of drug-likeness (QED) is 0.749. The van der Waals surface area contributed by atoms with Gasteiger partial charge in [0.15, 0.2) is 0 Å². The molecule has 2 aromatic carbocycles. The summed E-state index contributed by atoms with van der Waals surface area (Å²) in [5.74, 6) is -1.16. The third kappa shape index (κ3) is 5.48. The van der Waals surface area contributed by atoms with Crippen molar-refractivity contribution in [2.75, 3.05) is 10.6 Å². The third-order valence-electron chi connectivity index (χ3n) is 2.91. The van der Waals surface area contributed by atoms with Crippen LogP contribution < -0.4 is 10.6 Å². The summed E-state index contributed by atoms with van der Waals surface area (Å²) < 4.78 is 13.3. The molecule has 0 radical (unpaired) electrons. The molecule has 0 spiro atoms. The number of rotatable bonds is 5. The zero-order valence-corrected chi connectivity index (χ0v) is 14.1. The van der Waals surface area contributed by atoms with Crippen LogP contribution in [0.4, 0.5) is 15.8 Å². The lowest BCUT2D eigenvalue weighted by molar-refractivity contribution is -0.112. The van der Waals surface area contributed by atoms with Gasteiger partial charge in [0.05, 0.1) is 4.48 Å². The van der Waals surface area contributed by atoms with E-state index in [1.54, 1.807) is 36.4 Å². The van der Waals surface area contributed by atoms with Gasteiger partial charge in [-0.1, -0.05) is 24.8 Å². The molecule has 122 valence electrons. The van der Waals surface area contributed by atoms with Gasteiger partial charge in [-0.05, 0) is 57.9 Å². The number of amides is 2. The van der Waals surface area contributed by atoms with Crippen LogP contribution in [0.3, 0.4) is 0 Å². The smallest absolute Gasteiger partial charge is 0.262 e. The van der Waals surface area contributed by atoms with E-state index in [0.717, 1.165) is 5.56 Å². The molecule has 2 amide bonds. The summed E-state index contributed by atoms with van der Waals surface area (Å²) in [6.07, 6.45) is 2.92. The fourth-order valence-corrected chi connectivity index (χ4v) is 1.94. The molecule has 24 heavy (non-hydrogen) atoms. The van der Waals surface area contributed by atoms with Gasteiger partial charge in [0.1, 0.15) is 5.82 Å². The maximum absolute atomic E-state index is 13.1. The summed E-state index contributed by atoms with van der Waals surface area (Å²) in [6, 6.07) is 12.6. The Labute approximate surface area is 147 Å². The van der Waals surface area contributed by atoms with Crippen molar-refractivity contribution in [1.82, 2.24) is 0 Å². The van der Waals surface area contributed by atoms with Crippen molar-refractivity contribution in [3.63, 3.8) is 0 Å². The van der Waals surface area contributed by atoms with Crippen LogP contribution >= 0.6 is 15.9 Å². The van der Waals surface area contributed by atoms with E-state index in [9.17, 15) is 14.0 Å². The molecule has 0 unspecified atom stereocenters. The van der Waals surface area contributed by atoms with Crippen LogP contribution in [0.1, 0.15) is 5.56 Å². The highest BCUT2D eigenvalue weighted by Gasteiger charge is 2.04. The minimum Gasteiger partial charge on any atom is -0.322 e. The van der Waals surface area contributed by atoms with Crippen LogP contribution in [0, 0.1) is 5.82 Å². The Hall–Kier alpha value is -2.73. The lowest BCUT2D eigenvalue weighted by Crippen LogP contribution is -2.10. The summed E-state index contributed by atoms with van der Waals surface area (Å²) in [7, 11) is 0. The average Bonchev–Trinajstić information content (AvgIpc) is 2.53. The van der Waals surface area contributed by atoms with Gasteiger partial charge in [0.2, 0.25) is 5.91 Å². The van der Waals surface area contributed by atoms with E-state index in [4.69, 9.17) is 0 Å². The molecule has 0 fully saturated rings. The number of hydrogen-bond acceptors (Lipinski definition) is 2. The Balaban J connectivity index is 2.02. The number of hydrogen-bond donors (Lipinski definition) is 2. The monoisotopic (exact) mass is 388 g/mol. The first-order valence-electron chi connectivity index (χ1n) is 6.94. The molecule has 0 aliphatic rings. The number of halogens is 2. The molecule has 0 aliphatic heterocycles. The van der Waals surface area contributed by atoms with Crippen LogP contribution in [0.15, 0.2) is 65.7 Å². The molecule has 0 saturated heterocycles. The summed E-state index contributed by atoms with van der Waals surface area (Å²) in [5.41, 5.74) is 1.68. The molecule has 0 aliphatic carbocycles. The fourth-order valence-electron chi connectivity index (χ4n) is 1.84. The fraction of sp³-hybridized carbons (Fsp3) is 0. The molecule has 4 nitrogen and oxygen atoms in total. The molecule has 2 aromatic rings. The van der Waals surface area contributed by atoms with Gasteiger partial charge in [0, 0.05) is 17.5 Å². The number of benzene rings is 2. The lowest BCUT2D eigenvalue weighted by Gasteiger charge is -2.05. The maximum Gasteiger partial charge on any atom is 0.262 e. The Morgan fingerprint density at radius 1 is 1.04 bits per heavy atom. The van der Waals surface area contributed by atoms with Crippen LogP contribution in [0.25, 0.3) is 6.08 Å². The van der Waals surface area contributed by atoms with Crippen LogP contribution in [-0.2, 0) is 9.59 Å². The molecule has 2 N–H and O–H groups in total. The number of nitrogens with one attached hydrogen (secondary N) is 2. The Morgan fingerprint density at radius 2 is 1.71 bits per heavy atom. The Kier molecular flexibility index (Phi) is 6.03. The van der Waals surface area contributed by atoms with E-state index in [1.165, 1.54) is 24.3 Å². The first-order chi connectivity index (χ1) is 11.4. The molecule has 2 rings (SSSR count). The van der Waals surface area contributed by atoms with Crippen molar-refractivity contribution in [1.29, 1.82) is 0 Å². The van der Waals surface area contributed by atoms with Gasteiger partial charge in [0.25, 0.3) is 5.91 Å². The van der Waals surface area contributed by atoms with E-state index < -0.39 is 5.82 Å². The van der Waals surface area contributed by atoms with E-state index in [2.05, 4.69) is 33.1 Å². The van der Waals surface area contributed by atoms with Gasteiger partial charge >= 0.3 is 0 Å². The SMILES string of the molecule is C=C(Br)C(=O)Nc1cccc(/C=C/C(=O)Nc2cccc(F)c2)c1. The predicted octanol–water partition coefficient (Wildman–Crippen LogP) is 4.32. The van der Waals surface area contributed by atoms with Crippen molar-refractivity contribution in [3.8, 4) is 0 Å². The second-order valence-electron chi connectivity index (χ2n) is 4.82. The maximum atomic E-state index is 13.1. The van der Waals surface area contributed by atoms with Gasteiger partial charge in [-0.25, -0.2) is 4.39 Å². The summed E-state index contributed by atoms with van der Waals surface area (Å²) >= 11 is 3.00. The molecule has 0 aromatic heterocycles. The van der Waals surface area contributed by atoms with Crippen molar-refractivity contribution in [2.24, 2.45) is 0 Å². The average molecular weight is 389 g/mol. The minimum atomic E-state index is -0.423. The minimum absolute atomic E-state index is 0.220. The van der Waals surface area contributed by atoms with E-state index in [1.807, 2.05) is 0 Å². The predicted molar refractivity (Wildman–Crippen MR) is 97.2 cm³/mol. The van der Waals surface area contributed by atoms with Gasteiger partial charge < -0.3 is 10.6 Å². The highest BCUT2D eigenvalue weighted by atomic mass is 79.9. The summed E-state index contributed by atoms with van der Waals surface area (Å²) in [6.45, 7) is 3.49. The number of anilines is 2. The van der Waals surface area contributed by atoms with Crippen molar-refractivity contribution in [3.05, 3.63) is 77.0 Å². The zero-order chi connectivity index (χ0) is 17.5. The van der Waals surface area contributed by atoms with Gasteiger partial charge in [-0.15, -0.1) is 0 Å². The van der Waals surface area contributed by atoms with Crippen LogP contribution in [0.2, 0.25) is 0 Å². The van der Waals surface area contributed by atoms with Gasteiger partial charge in [-0.2, -0.15) is 0 Å². The van der Waals surface area contributed by atoms with Crippen molar-refractivity contribution in [2.45, 2.75) is 0 Å². The molecule has 0 bridgehead atoms. The van der Waals surface area contributed by atoms with E-state index >= 15 is 0 Å². The van der Waals surface area contributed by atoms with Gasteiger partial charge in [-0.3, -0.25) is 9.59 Å². The van der Waals surface area contributed by atoms with Crippen molar-refractivity contribution >= 4 is 45.2 Å². The first kappa shape index (κ1) is 17.6. The molecule has 6 heteroatoms. The summed E-state index contributed by atoms with van der Waals surface area (Å²) in [5, 5.41) is 5.22. The standard InChI is InChI=1S/C18H14BrFN2O2/c1-12(19)18(24)22-15-6-2-4-13(10-15)8-9-17(23)21-16-7-3-5-14(20)11-16/h2-11H,1H2,(H,21,23)(H,22,24)/b9-8+. The van der Waals surface area contributed by atoms with E-state index in [-0.39, 0.29) is 16.3 Å². The summed E-state index contributed by atoms with van der Waals surface area (Å²) in [4.78, 5) is 23.4. The van der Waals surface area contributed by atoms with E-state index in [0.29, 0.717) is 11.4 Å². The Bertz CT molecular complexity index is 818. The Morgan fingerprint density at radius 3 is 2.38 bits per heavy atom. The number of carbonyl (C=O) groups is 2. The topological polar surface area (TPSA) is 58.2 Å². The van der Waals surface area contributed by atoms with Crippen LogP contribution in [-0.4, -0.2) is 11.8 Å². The normalized spacial score (nSPS) is 10.4. The number of carbonyl (C=O) groups excluding carboxylic acids is 2. The van der Waals surface area contributed by atoms with Crippen molar-refractivity contribution < 1.29 is 14.0 Å². The molecular weight excluding hydrogens is 375 g/mol. The highest BCUT2D eigenvalue weighted by Crippen LogP contribution is 2.14. The second-order valence-corrected chi connectivity index (χ2v) is 5.77. The van der Waals surface area contributed by atoms with Crippen LogP contribution in [0.5, 0.6) is 0 Å². The molecule has 0 atom stereocenters. The largest absolute Gasteiger partial charge is 0.322 e. The molecule has 0 heterocycles. The first-order valence-corrected chi connectivity index (χ1v) is 7.74. The molecular formula is C18H14BrFN2O2.